The number of methoxy groups -OCH3 is 1. The summed E-state index contributed by atoms with van der Waals surface area (Å²) >= 11 is 1.60. The van der Waals surface area contributed by atoms with Crippen LogP contribution in [0.2, 0.25) is 0 Å². The Morgan fingerprint density at radius 3 is 3.00 bits per heavy atom. The van der Waals surface area contributed by atoms with Crippen molar-refractivity contribution in [1.29, 1.82) is 0 Å². The average Bonchev–Trinajstić information content (AvgIpc) is 2.75. The fourth-order valence-corrected chi connectivity index (χ4v) is 2.51. The van der Waals surface area contributed by atoms with E-state index in [0.29, 0.717) is 0 Å². The number of rotatable bonds is 4. The summed E-state index contributed by atoms with van der Waals surface area (Å²) in [6.45, 7) is 4.03. The topological polar surface area (TPSA) is 27.7 Å². The molecule has 0 radical (unpaired) electrons. The number of ether oxygens (including phenoxy) is 3. The molecule has 2 rings (SSSR count). The maximum Gasteiger partial charge on any atom is 0.231 e. The second kappa shape index (κ2) is 4.70. The molecule has 0 aliphatic carbocycles. The van der Waals surface area contributed by atoms with Crippen molar-refractivity contribution in [2.75, 3.05) is 20.2 Å². The molecule has 1 aromatic rings. The number of benzene rings is 1. The second-order valence-corrected chi connectivity index (χ2v) is 4.15. The highest BCUT2D eigenvalue weighted by molar-refractivity contribution is 7.98. The lowest BCUT2D eigenvalue weighted by Gasteiger charge is -2.13. The van der Waals surface area contributed by atoms with Crippen molar-refractivity contribution >= 4 is 11.8 Å². The molecule has 4 heteroatoms. The Kier molecular flexibility index (Phi) is 3.29. The average molecular weight is 238 g/mol. The molecule has 0 amide bonds. The summed E-state index contributed by atoms with van der Waals surface area (Å²) in [6.07, 6.45) is 4.61. The first-order valence-electron chi connectivity index (χ1n) is 4.96. The van der Waals surface area contributed by atoms with Gasteiger partial charge in [-0.15, -0.1) is 18.3 Å². The Balaban J connectivity index is 2.58. The number of thioether (sulfide) groups is 1. The van der Waals surface area contributed by atoms with Crippen LogP contribution in [-0.2, 0) is 6.42 Å². The minimum Gasteiger partial charge on any atom is -0.495 e. The normalized spacial score (nSPS) is 12.6. The van der Waals surface area contributed by atoms with Gasteiger partial charge in [0.2, 0.25) is 6.79 Å². The van der Waals surface area contributed by atoms with E-state index in [0.717, 1.165) is 34.1 Å². The van der Waals surface area contributed by atoms with E-state index in [1.165, 1.54) is 0 Å². The van der Waals surface area contributed by atoms with Gasteiger partial charge in [0.15, 0.2) is 11.5 Å². The third-order valence-electron chi connectivity index (χ3n) is 2.42. The molecule has 0 saturated heterocycles. The maximum absolute atomic E-state index is 5.45. The highest BCUT2D eigenvalue weighted by atomic mass is 32.2. The Labute approximate surface area is 99.4 Å². The molecule has 86 valence electrons. The zero-order chi connectivity index (χ0) is 11.5. The molecule has 0 spiro atoms. The monoisotopic (exact) mass is 238 g/mol. The van der Waals surface area contributed by atoms with Gasteiger partial charge in [0.05, 0.1) is 12.0 Å². The van der Waals surface area contributed by atoms with Crippen molar-refractivity contribution < 1.29 is 14.2 Å². The molecule has 0 fully saturated rings. The largest absolute Gasteiger partial charge is 0.495 e. The van der Waals surface area contributed by atoms with Crippen molar-refractivity contribution in [3.05, 3.63) is 24.3 Å². The van der Waals surface area contributed by atoms with E-state index in [1.54, 1.807) is 18.9 Å². The summed E-state index contributed by atoms with van der Waals surface area (Å²) in [5, 5.41) is 0. The van der Waals surface area contributed by atoms with E-state index in [9.17, 15) is 0 Å². The van der Waals surface area contributed by atoms with E-state index in [-0.39, 0.29) is 6.79 Å². The zero-order valence-corrected chi connectivity index (χ0v) is 10.2. The van der Waals surface area contributed by atoms with Crippen molar-refractivity contribution in [3.8, 4) is 17.2 Å². The third-order valence-corrected chi connectivity index (χ3v) is 3.20. The maximum atomic E-state index is 5.45. The lowest BCUT2D eigenvalue weighted by molar-refractivity contribution is 0.172. The van der Waals surface area contributed by atoms with E-state index >= 15 is 0 Å². The van der Waals surface area contributed by atoms with E-state index in [1.807, 2.05) is 18.4 Å². The van der Waals surface area contributed by atoms with Gasteiger partial charge in [-0.05, 0) is 18.7 Å². The first-order chi connectivity index (χ1) is 7.81. The summed E-state index contributed by atoms with van der Waals surface area (Å²) in [6, 6.07) is 1.96. The first-order valence-corrected chi connectivity index (χ1v) is 6.18. The van der Waals surface area contributed by atoms with Crippen LogP contribution in [0, 0.1) is 0 Å². The number of allylic oxidation sites excluding steroid dienone is 1. The van der Waals surface area contributed by atoms with Crippen LogP contribution in [0.25, 0.3) is 0 Å². The Morgan fingerprint density at radius 2 is 2.38 bits per heavy atom. The molecule has 1 aliphatic rings. The van der Waals surface area contributed by atoms with E-state index in [2.05, 4.69) is 6.58 Å². The quantitative estimate of drug-likeness (QED) is 0.595. The van der Waals surface area contributed by atoms with Crippen molar-refractivity contribution in [1.82, 2.24) is 0 Å². The number of hydrogen-bond acceptors (Lipinski definition) is 4. The van der Waals surface area contributed by atoms with Gasteiger partial charge in [-0.1, -0.05) is 6.08 Å². The van der Waals surface area contributed by atoms with Gasteiger partial charge in [-0.25, -0.2) is 0 Å². The van der Waals surface area contributed by atoms with Gasteiger partial charge in [0.25, 0.3) is 0 Å². The van der Waals surface area contributed by atoms with Crippen molar-refractivity contribution in [2.24, 2.45) is 0 Å². The minimum atomic E-state index is 0.281. The Hall–Kier alpha value is -1.29. The molecule has 3 nitrogen and oxygen atoms in total. The van der Waals surface area contributed by atoms with Crippen LogP contribution in [0.3, 0.4) is 0 Å². The van der Waals surface area contributed by atoms with Crippen LogP contribution < -0.4 is 14.2 Å². The van der Waals surface area contributed by atoms with Crippen LogP contribution in [0.5, 0.6) is 17.2 Å². The van der Waals surface area contributed by atoms with Crippen LogP contribution in [-0.4, -0.2) is 20.2 Å². The van der Waals surface area contributed by atoms with Gasteiger partial charge < -0.3 is 14.2 Å². The lowest BCUT2D eigenvalue weighted by Crippen LogP contribution is -1.95. The van der Waals surface area contributed by atoms with Gasteiger partial charge in [0.1, 0.15) is 5.75 Å². The summed E-state index contributed by atoms with van der Waals surface area (Å²) in [5.41, 5.74) is 1.08. The molecule has 1 heterocycles. The lowest BCUT2D eigenvalue weighted by atomic mass is 10.1. The highest BCUT2D eigenvalue weighted by Gasteiger charge is 2.24. The van der Waals surface area contributed by atoms with Gasteiger partial charge >= 0.3 is 0 Å². The molecule has 0 atom stereocenters. The van der Waals surface area contributed by atoms with Crippen LogP contribution in [0.4, 0.5) is 0 Å². The molecule has 1 aromatic carbocycles. The van der Waals surface area contributed by atoms with Crippen LogP contribution in [0.1, 0.15) is 5.56 Å². The summed E-state index contributed by atoms with van der Waals surface area (Å²) in [7, 11) is 1.67. The molecule has 0 bridgehead atoms. The fraction of sp³-hybridized carbons (Fsp3) is 0.333. The van der Waals surface area contributed by atoms with Crippen LogP contribution in [0.15, 0.2) is 23.6 Å². The zero-order valence-electron chi connectivity index (χ0n) is 9.41. The van der Waals surface area contributed by atoms with Crippen molar-refractivity contribution in [2.45, 2.75) is 11.3 Å². The third kappa shape index (κ3) is 1.73. The van der Waals surface area contributed by atoms with Crippen LogP contribution >= 0.6 is 11.8 Å². The van der Waals surface area contributed by atoms with Crippen molar-refractivity contribution in [3.63, 3.8) is 0 Å². The minimum absolute atomic E-state index is 0.281. The number of fused-ring (bicyclic) bond motifs is 1. The van der Waals surface area contributed by atoms with Gasteiger partial charge in [-0.3, -0.25) is 0 Å². The van der Waals surface area contributed by atoms with E-state index in [4.69, 9.17) is 14.2 Å². The smallest absolute Gasteiger partial charge is 0.231 e. The molecule has 0 unspecified atom stereocenters. The first kappa shape index (κ1) is 11.2. The van der Waals surface area contributed by atoms with E-state index < -0.39 is 0 Å². The fourth-order valence-electron chi connectivity index (χ4n) is 1.76. The summed E-state index contributed by atoms with van der Waals surface area (Å²) in [4.78, 5) is 0.995. The second-order valence-electron chi connectivity index (χ2n) is 3.33. The molecule has 0 N–H and O–H groups in total. The molecule has 0 aromatic heterocycles. The van der Waals surface area contributed by atoms with Gasteiger partial charge in [0, 0.05) is 5.56 Å². The summed E-state index contributed by atoms with van der Waals surface area (Å²) in [5.74, 6) is 2.44. The molecule has 0 saturated carbocycles. The standard InChI is InChI=1S/C12H14O3S/c1-4-5-8-6-9-11(15-7-14-9)12(16-3)10(8)13-2/h4,6H,1,5,7H2,2-3H3. The Morgan fingerprint density at radius 1 is 1.56 bits per heavy atom. The summed E-state index contributed by atoms with van der Waals surface area (Å²) < 4.78 is 16.3. The predicted octanol–water partition coefficient (Wildman–Crippen LogP) is 2.87. The van der Waals surface area contributed by atoms with Gasteiger partial charge in [-0.2, -0.15) is 0 Å². The SMILES string of the molecule is C=CCc1cc2c(c(SC)c1OC)OCO2. The highest BCUT2D eigenvalue weighted by Crippen LogP contribution is 2.47. The molecule has 1 aliphatic heterocycles. The molecular formula is C12H14O3S. The molecular weight excluding hydrogens is 224 g/mol. The predicted molar refractivity (Wildman–Crippen MR) is 64.8 cm³/mol. The Bertz CT molecular complexity index is 415. The molecule has 16 heavy (non-hydrogen) atoms. The number of hydrogen-bond donors (Lipinski definition) is 0.